The molecule has 2 aromatic rings. The fourth-order valence-corrected chi connectivity index (χ4v) is 3.82. The maximum atomic E-state index is 12.6. The van der Waals surface area contributed by atoms with Crippen LogP contribution in [0.1, 0.15) is 53.4 Å². The molecule has 0 fully saturated rings. The maximum Gasteiger partial charge on any atom is 0.290 e. The SMILES string of the molecule is CC(C)N1CCc2[nH]c(CC(C)N3CCn4ccnc4C3=O)nc2C1=O. The molecule has 0 saturated carbocycles. The normalized spacial score (nSPS) is 18.3. The number of carbonyl (C=O) groups excluding carboxylic acids is 2. The van der Waals surface area contributed by atoms with Crippen molar-refractivity contribution in [1.82, 2.24) is 29.3 Å². The molecule has 2 aliphatic heterocycles. The maximum absolute atomic E-state index is 12.6. The highest BCUT2D eigenvalue weighted by Gasteiger charge is 2.32. The molecule has 0 aromatic carbocycles. The molecule has 1 unspecified atom stereocenters. The quantitative estimate of drug-likeness (QED) is 0.889. The van der Waals surface area contributed by atoms with Crippen molar-refractivity contribution in [3.63, 3.8) is 0 Å². The number of hydrogen-bond donors (Lipinski definition) is 1. The fraction of sp³-hybridized carbons (Fsp3) is 0.556. The van der Waals surface area contributed by atoms with E-state index in [1.165, 1.54) is 0 Å². The van der Waals surface area contributed by atoms with Crippen LogP contribution in [-0.2, 0) is 19.4 Å². The van der Waals surface area contributed by atoms with Crippen LogP contribution in [0.4, 0.5) is 0 Å². The standard InChI is InChI=1S/C18H24N6O2/c1-11(2)23-6-4-13-15(17(23)25)21-14(20-13)10-12(3)24-9-8-22-7-5-19-16(22)18(24)26/h5,7,11-12H,4,6,8-10H2,1-3H3,(H,20,21). The van der Waals surface area contributed by atoms with Crippen molar-refractivity contribution in [3.05, 3.63) is 35.4 Å². The van der Waals surface area contributed by atoms with Crippen LogP contribution in [0.5, 0.6) is 0 Å². The highest BCUT2D eigenvalue weighted by atomic mass is 16.2. The number of fused-ring (bicyclic) bond motifs is 2. The summed E-state index contributed by atoms with van der Waals surface area (Å²) in [6.07, 6.45) is 4.88. The van der Waals surface area contributed by atoms with E-state index < -0.39 is 0 Å². The summed E-state index contributed by atoms with van der Waals surface area (Å²) in [6.45, 7) is 8.18. The lowest BCUT2D eigenvalue weighted by Crippen LogP contribution is -2.46. The van der Waals surface area contributed by atoms with Gasteiger partial charge in [0.2, 0.25) is 0 Å². The monoisotopic (exact) mass is 356 g/mol. The van der Waals surface area contributed by atoms with Crippen LogP contribution in [0.2, 0.25) is 0 Å². The Balaban J connectivity index is 1.50. The molecule has 1 N–H and O–H groups in total. The summed E-state index contributed by atoms with van der Waals surface area (Å²) in [6, 6.07) is 0.154. The van der Waals surface area contributed by atoms with Gasteiger partial charge in [-0.25, -0.2) is 9.97 Å². The van der Waals surface area contributed by atoms with E-state index in [0.29, 0.717) is 31.0 Å². The third-order valence-electron chi connectivity index (χ3n) is 5.29. The summed E-state index contributed by atoms with van der Waals surface area (Å²) in [7, 11) is 0. The van der Waals surface area contributed by atoms with E-state index in [1.54, 1.807) is 6.20 Å². The Hall–Kier alpha value is -2.64. The number of H-pyrrole nitrogens is 1. The van der Waals surface area contributed by atoms with Gasteiger partial charge in [0.05, 0.1) is 0 Å². The van der Waals surface area contributed by atoms with Gasteiger partial charge in [-0.2, -0.15) is 0 Å². The average Bonchev–Trinajstić information content (AvgIpc) is 3.22. The lowest BCUT2D eigenvalue weighted by Gasteiger charge is -2.32. The van der Waals surface area contributed by atoms with Crippen molar-refractivity contribution in [3.8, 4) is 0 Å². The van der Waals surface area contributed by atoms with Gasteiger partial charge in [-0.3, -0.25) is 9.59 Å². The van der Waals surface area contributed by atoms with Crippen LogP contribution in [-0.4, -0.2) is 66.3 Å². The second-order valence-electron chi connectivity index (χ2n) is 7.35. The molecular weight excluding hydrogens is 332 g/mol. The number of carbonyl (C=O) groups is 2. The number of nitrogens with one attached hydrogen (secondary N) is 1. The lowest BCUT2D eigenvalue weighted by atomic mass is 10.1. The van der Waals surface area contributed by atoms with E-state index in [9.17, 15) is 9.59 Å². The van der Waals surface area contributed by atoms with E-state index in [2.05, 4.69) is 15.0 Å². The molecule has 2 aliphatic rings. The number of imidazole rings is 2. The zero-order valence-electron chi connectivity index (χ0n) is 15.4. The number of aromatic nitrogens is 4. The first-order valence-electron chi connectivity index (χ1n) is 9.16. The van der Waals surface area contributed by atoms with Crippen LogP contribution in [0.25, 0.3) is 0 Å². The van der Waals surface area contributed by atoms with E-state index in [4.69, 9.17) is 0 Å². The Bertz CT molecular complexity index is 852. The molecule has 4 heterocycles. The third-order valence-corrected chi connectivity index (χ3v) is 5.29. The Labute approximate surface area is 152 Å². The zero-order valence-corrected chi connectivity index (χ0v) is 15.4. The molecule has 2 aromatic heterocycles. The van der Waals surface area contributed by atoms with Crippen molar-refractivity contribution in [1.29, 1.82) is 0 Å². The second kappa shape index (κ2) is 6.26. The second-order valence-corrected chi connectivity index (χ2v) is 7.35. The number of aromatic amines is 1. The van der Waals surface area contributed by atoms with Gasteiger partial charge < -0.3 is 19.4 Å². The molecule has 0 radical (unpaired) electrons. The van der Waals surface area contributed by atoms with Gasteiger partial charge in [0, 0.05) is 62.6 Å². The third kappa shape index (κ3) is 2.69. The molecule has 0 bridgehead atoms. The molecule has 1 atom stereocenters. The topological polar surface area (TPSA) is 87.1 Å². The Kier molecular flexibility index (Phi) is 4.05. The molecule has 138 valence electrons. The van der Waals surface area contributed by atoms with Crippen molar-refractivity contribution >= 4 is 11.8 Å². The molecule has 2 amide bonds. The van der Waals surface area contributed by atoms with Crippen LogP contribution >= 0.6 is 0 Å². The zero-order chi connectivity index (χ0) is 18.4. The van der Waals surface area contributed by atoms with Crippen LogP contribution < -0.4 is 0 Å². The molecule has 26 heavy (non-hydrogen) atoms. The smallest absolute Gasteiger partial charge is 0.290 e. The largest absolute Gasteiger partial charge is 0.345 e. The lowest BCUT2D eigenvalue weighted by molar-refractivity contribution is 0.0622. The van der Waals surface area contributed by atoms with Crippen LogP contribution in [0.3, 0.4) is 0 Å². The number of amides is 2. The average molecular weight is 356 g/mol. The van der Waals surface area contributed by atoms with Gasteiger partial charge in [0.15, 0.2) is 5.82 Å². The minimum absolute atomic E-state index is 0.00696. The highest BCUT2D eigenvalue weighted by molar-refractivity contribution is 5.94. The first kappa shape index (κ1) is 16.8. The van der Waals surface area contributed by atoms with Gasteiger partial charge in [0.1, 0.15) is 11.5 Å². The summed E-state index contributed by atoms with van der Waals surface area (Å²) in [5.41, 5.74) is 1.45. The Morgan fingerprint density at radius 2 is 1.92 bits per heavy atom. The Morgan fingerprint density at radius 1 is 1.12 bits per heavy atom. The summed E-state index contributed by atoms with van der Waals surface area (Å²) < 4.78 is 1.89. The molecule has 0 spiro atoms. The van der Waals surface area contributed by atoms with Gasteiger partial charge in [-0.15, -0.1) is 0 Å². The van der Waals surface area contributed by atoms with Crippen molar-refractivity contribution in [2.24, 2.45) is 0 Å². The molecule has 0 aliphatic carbocycles. The minimum atomic E-state index is -0.0490. The first-order chi connectivity index (χ1) is 12.5. The molecule has 8 heteroatoms. The van der Waals surface area contributed by atoms with E-state index >= 15 is 0 Å². The summed E-state index contributed by atoms with van der Waals surface area (Å²) in [4.78, 5) is 40.9. The molecule has 8 nitrogen and oxygen atoms in total. The fourth-order valence-electron chi connectivity index (χ4n) is 3.82. The van der Waals surface area contributed by atoms with Gasteiger partial charge in [-0.05, 0) is 20.8 Å². The van der Waals surface area contributed by atoms with Gasteiger partial charge >= 0.3 is 0 Å². The number of hydrogen-bond acceptors (Lipinski definition) is 4. The summed E-state index contributed by atoms with van der Waals surface area (Å²) in [5.74, 6) is 1.20. The minimum Gasteiger partial charge on any atom is -0.345 e. The van der Waals surface area contributed by atoms with E-state index in [1.807, 2.05) is 41.3 Å². The predicted molar refractivity (Wildman–Crippen MR) is 94.9 cm³/mol. The van der Waals surface area contributed by atoms with Crippen molar-refractivity contribution < 1.29 is 9.59 Å². The number of nitrogens with zero attached hydrogens (tertiary/aromatic N) is 5. The predicted octanol–water partition coefficient (Wildman–Crippen LogP) is 1.10. The summed E-state index contributed by atoms with van der Waals surface area (Å²) >= 11 is 0. The van der Waals surface area contributed by atoms with E-state index in [0.717, 1.165) is 24.5 Å². The van der Waals surface area contributed by atoms with E-state index in [-0.39, 0.29) is 23.9 Å². The molecule has 0 saturated heterocycles. The molecule has 4 rings (SSSR count). The van der Waals surface area contributed by atoms with Crippen LogP contribution in [0.15, 0.2) is 12.4 Å². The van der Waals surface area contributed by atoms with Crippen molar-refractivity contribution in [2.75, 3.05) is 13.1 Å². The van der Waals surface area contributed by atoms with Crippen molar-refractivity contribution in [2.45, 2.75) is 52.2 Å². The van der Waals surface area contributed by atoms with Gasteiger partial charge in [-0.1, -0.05) is 0 Å². The molecular formula is C18H24N6O2. The number of rotatable bonds is 4. The first-order valence-corrected chi connectivity index (χ1v) is 9.16. The Morgan fingerprint density at radius 3 is 2.69 bits per heavy atom. The van der Waals surface area contributed by atoms with Crippen LogP contribution in [0, 0.1) is 0 Å². The highest BCUT2D eigenvalue weighted by Crippen LogP contribution is 2.21. The summed E-state index contributed by atoms with van der Waals surface area (Å²) in [5, 5.41) is 0. The van der Waals surface area contributed by atoms with Gasteiger partial charge in [0.25, 0.3) is 11.8 Å².